The summed E-state index contributed by atoms with van der Waals surface area (Å²) in [4.78, 5) is 34.1. The van der Waals surface area contributed by atoms with Gasteiger partial charge in [0.2, 0.25) is 5.91 Å². The Bertz CT molecular complexity index is 655. The maximum atomic E-state index is 11.7. The number of rotatable bonds is 5. The van der Waals surface area contributed by atoms with Crippen LogP contribution in [0.25, 0.3) is 0 Å². The van der Waals surface area contributed by atoms with Crippen molar-refractivity contribution >= 4 is 29.3 Å². The summed E-state index contributed by atoms with van der Waals surface area (Å²) in [7, 11) is 0. The Morgan fingerprint density at radius 1 is 1.33 bits per heavy atom. The van der Waals surface area contributed by atoms with E-state index < -0.39 is 12.0 Å². The number of benzene rings is 1. The molecule has 1 aliphatic rings. The number of hydrogen-bond acceptors (Lipinski definition) is 5. The lowest BCUT2D eigenvalue weighted by atomic mass is 9.94. The highest BCUT2D eigenvalue weighted by atomic mass is 16.6. The van der Waals surface area contributed by atoms with Crippen molar-refractivity contribution in [3.05, 3.63) is 29.8 Å². The lowest BCUT2D eigenvalue weighted by Gasteiger charge is -2.19. The minimum absolute atomic E-state index is 0.0321. The molecule has 1 aliphatic heterocycles. The minimum atomic E-state index is -0.630. The number of carbonyl (C=O) groups excluding carboxylic acids is 3. The van der Waals surface area contributed by atoms with Gasteiger partial charge < -0.3 is 15.4 Å². The van der Waals surface area contributed by atoms with E-state index in [2.05, 4.69) is 21.2 Å². The molecule has 24 heavy (non-hydrogen) atoms. The topological polar surface area (TPSA) is 109 Å². The minimum Gasteiger partial charge on any atom is -0.439 e. The molecule has 0 saturated carbocycles. The van der Waals surface area contributed by atoms with Crippen molar-refractivity contribution in [3.63, 3.8) is 0 Å². The van der Waals surface area contributed by atoms with Crippen LogP contribution in [0, 0.1) is 5.92 Å². The number of hydrazone groups is 1. The van der Waals surface area contributed by atoms with Gasteiger partial charge in [-0.05, 0) is 24.6 Å². The third-order valence-electron chi connectivity index (χ3n) is 3.38. The third kappa shape index (κ3) is 4.80. The number of nitrogens with one attached hydrogen (secondary N) is 3. The first-order valence-electron chi connectivity index (χ1n) is 7.67. The van der Waals surface area contributed by atoms with Gasteiger partial charge in [0.1, 0.15) is 0 Å². The third-order valence-corrected chi connectivity index (χ3v) is 3.38. The molecule has 3 amide bonds. The van der Waals surface area contributed by atoms with E-state index in [0.717, 1.165) is 11.3 Å². The Morgan fingerprint density at radius 3 is 2.67 bits per heavy atom. The number of carbonyl (C=O) groups is 3. The molecule has 1 heterocycles. The summed E-state index contributed by atoms with van der Waals surface area (Å²) in [5, 5.41) is 9.15. The summed E-state index contributed by atoms with van der Waals surface area (Å²) < 4.78 is 4.74. The molecule has 1 aromatic carbocycles. The van der Waals surface area contributed by atoms with Gasteiger partial charge in [-0.2, -0.15) is 5.10 Å². The van der Waals surface area contributed by atoms with E-state index in [1.54, 1.807) is 19.1 Å². The second-order valence-corrected chi connectivity index (χ2v) is 5.37. The fourth-order valence-corrected chi connectivity index (χ4v) is 2.25. The molecule has 8 heteroatoms. The molecule has 0 spiro atoms. The molecule has 0 aliphatic carbocycles. The van der Waals surface area contributed by atoms with Gasteiger partial charge in [0, 0.05) is 24.6 Å². The molecule has 0 aromatic heterocycles. The summed E-state index contributed by atoms with van der Waals surface area (Å²) in [5.74, 6) is -0.489. The SMILES string of the molecule is CCNC(=O)OCC(=O)Nc1ccc(C2=NNC(=O)CC2C)cc1. The zero-order valence-corrected chi connectivity index (χ0v) is 13.6. The van der Waals surface area contributed by atoms with Crippen LogP contribution in [0.5, 0.6) is 0 Å². The van der Waals surface area contributed by atoms with Crippen molar-refractivity contribution in [2.75, 3.05) is 18.5 Å². The van der Waals surface area contributed by atoms with Gasteiger partial charge in [-0.3, -0.25) is 9.59 Å². The van der Waals surface area contributed by atoms with Gasteiger partial charge >= 0.3 is 6.09 Å². The predicted octanol–water partition coefficient (Wildman–Crippen LogP) is 1.23. The van der Waals surface area contributed by atoms with Crippen LogP contribution in [0.2, 0.25) is 0 Å². The molecule has 0 bridgehead atoms. The van der Waals surface area contributed by atoms with Crippen molar-refractivity contribution in [2.45, 2.75) is 20.3 Å². The second-order valence-electron chi connectivity index (χ2n) is 5.37. The molecule has 128 valence electrons. The molecular weight excluding hydrogens is 312 g/mol. The molecule has 1 atom stereocenters. The zero-order chi connectivity index (χ0) is 17.5. The van der Waals surface area contributed by atoms with E-state index in [9.17, 15) is 14.4 Å². The van der Waals surface area contributed by atoms with Gasteiger partial charge in [0.25, 0.3) is 5.91 Å². The molecule has 0 radical (unpaired) electrons. The van der Waals surface area contributed by atoms with Crippen molar-refractivity contribution < 1.29 is 19.1 Å². The molecule has 8 nitrogen and oxygen atoms in total. The van der Waals surface area contributed by atoms with Crippen LogP contribution in [0.15, 0.2) is 29.4 Å². The maximum absolute atomic E-state index is 11.7. The fourth-order valence-electron chi connectivity index (χ4n) is 2.25. The largest absolute Gasteiger partial charge is 0.439 e. The van der Waals surface area contributed by atoms with Gasteiger partial charge in [-0.25, -0.2) is 10.2 Å². The van der Waals surface area contributed by atoms with Crippen molar-refractivity contribution in [1.29, 1.82) is 0 Å². The van der Waals surface area contributed by atoms with E-state index in [-0.39, 0.29) is 18.4 Å². The van der Waals surface area contributed by atoms with Gasteiger partial charge in [0.05, 0.1) is 5.71 Å². The number of anilines is 1. The first-order valence-corrected chi connectivity index (χ1v) is 7.67. The van der Waals surface area contributed by atoms with Crippen LogP contribution in [0.1, 0.15) is 25.8 Å². The van der Waals surface area contributed by atoms with Gasteiger partial charge in [-0.1, -0.05) is 19.1 Å². The molecule has 0 saturated heterocycles. The summed E-state index contributed by atoms with van der Waals surface area (Å²) in [6.07, 6.45) is -0.233. The first-order chi connectivity index (χ1) is 11.5. The van der Waals surface area contributed by atoms with Crippen LogP contribution < -0.4 is 16.1 Å². The molecule has 1 unspecified atom stereocenters. The predicted molar refractivity (Wildman–Crippen MR) is 88.6 cm³/mol. The van der Waals surface area contributed by atoms with Crippen LogP contribution in [-0.4, -0.2) is 36.8 Å². The van der Waals surface area contributed by atoms with Gasteiger partial charge in [0.15, 0.2) is 6.61 Å². The van der Waals surface area contributed by atoms with E-state index in [0.29, 0.717) is 18.7 Å². The molecule has 1 aromatic rings. The Morgan fingerprint density at radius 2 is 2.04 bits per heavy atom. The zero-order valence-electron chi connectivity index (χ0n) is 13.6. The summed E-state index contributed by atoms with van der Waals surface area (Å²) >= 11 is 0. The van der Waals surface area contributed by atoms with Crippen molar-refractivity contribution in [1.82, 2.24) is 10.7 Å². The molecule has 0 fully saturated rings. The monoisotopic (exact) mass is 332 g/mol. The van der Waals surface area contributed by atoms with Crippen LogP contribution in [0.4, 0.5) is 10.5 Å². The van der Waals surface area contributed by atoms with Crippen LogP contribution in [0.3, 0.4) is 0 Å². The molecular formula is C16H20N4O4. The average Bonchev–Trinajstić information content (AvgIpc) is 2.54. The highest BCUT2D eigenvalue weighted by Gasteiger charge is 2.21. The number of nitrogens with zero attached hydrogens (tertiary/aromatic N) is 1. The number of hydrogen-bond donors (Lipinski definition) is 3. The fraction of sp³-hybridized carbons (Fsp3) is 0.375. The quantitative estimate of drug-likeness (QED) is 0.753. The van der Waals surface area contributed by atoms with E-state index in [1.165, 1.54) is 0 Å². The van der Waals surface area contributed by atoms with Crippen LogP contribution in [-0.2, 0) is 14.3 Å². The molecule has 3 N–H and O–H groups in total. The Hall–Kier alpha value is -2.90. The van der Waals surface area contributed by atoms with Gasteiger partial charge in [-0.15, -0.1) is 0 Å². The van der Waals surface area contributed by atoms with E-state index in [1.807, 2.05) is 19.1 Å². The lowest BCUT2D eigenvalue weighted by Crippen LogP contribution is -2.31. The van der Waals surface area contributed by atoms with Crippen LogP contribution >= 0.6 is 0 Å². The highest BCUT2D eigenvalue weighted by Crippen LogP contribution is 2.18. The normalized spacial score (nSPS) is 16.7. The van der Waals surface area contributed by atoms with E-state index >= 15 is 0 Å². The second kappa shape index (κ2) is 8.09. The van der Waals surface area contributed by atoms with E-state index in [4.69, 9.17) is 4.74 Å². The average molecular weight is 332 g/mol. The Labute approximate surface area is 139 Å². The summed E-state index contributed by atoms with van der Waals surface area (Å²) in [6, 6.07) is 7.08. The summed E-state index contributed by atoms with van der Waals surface area (Å²) in [6.45, 7) is 3.77. The summed E-state index contributed by atoms with van der Waals surface area (Å²) in [5.41, 5.74) is 4.72. The number of ether oxygens (including phenoxy) is 1. The number of amides is 3. The Kier molecular flexibility index (Phi) is 5.89. The first kappa shape index (κ1) is 17.5. The lowest BCUT2D eigenvalue weighted by molar-refractivity contribution is -0.122. The molecule has 2 rings (SSSR count). The highest BCUT2D eigenvalue weighted by molar-refractivity contribution is 6.06. The Balaban J connectivity index is 1.91. The maximum Gasteiger partial charge on any atom is 0.407 e. The smallest absolute Gasteiger partial charge is 0.407 e. The van der Waals surface area contributed by atoms with Crippen molar-refractivity contribution in [2.24, 2.45) is 11.0 Å². The van der Waals surface area contributed by atoms with Crippen molar-refractivity contribution in [3.8, 4) is 0 Å². The standard InChI is InChI=1S/C16H20N4O4/c1-3-17-16(23)24-9-14(22)18-12-6-4-11(5-7-12)15-10(2)8-13(21)19-20-15/h4-7,10H,3,8-9H2,1-2H3,(H,17,23)(H,18,22)(H,19,21). The number of alkyl carbamates (subject to hydrolysis) is 1.